The van der Waals surface area contributed by atoms with E-state index in [4.69, 9.17) is 0 Å². The van der Waals surface area contributed by atoms with Gasteiger partial charge in [0.15, 0.2) is 0 Å². The normalized spacial score (nSPS) is 19.0. The summed E-state index contributed by atoms with van der Waals surface area (Å²) < 4.78 is 15.4. The van der Waals surface area contributed by atoms with Gasteiger partial charge in [0.1, 0.15) is 11.4 Å². The van der Waals surface area contributed by atoms with Crippen molar-refractivity contribution in [3.05, 3.63) is 58.7 Å². The minimum Gasteiger partial charge on any atom is -0.346 e. The monoisotopic (exact) mass is 367 g/mol. The number of carbonyl (C=O) groups excluding carboxylic acids is 3. The van der Waals surface area contributed by atoms with Gasteiger partial charge in [-0.3, -0.25) is 14.9 Å². The first-order valence-electron chi connectivity index (χ1n) is 8.72. The van der Waals surface area contributed by atoms with Crippen molar-refractivity contribution in [2.75, 3.05) is 4.90 Å². The lowest BCUT2D eigenvalue weighted by Crippen LogP contribution is -2.54. The highest BCUT2D eigenvalue weighted by Gasteiger charge is 2.37. The summed E-state index contributed by atoms with van der Waals surface area (Å²) in [5.74, 6) is -1.95. The maximum absolute atomic E-state index is 13.2. The average Bonchev–Trinajstić information content (AvgIpc) is 3.39. The number of imide groups is 2. The summed E-state index contributed by atoms with van der Waals surface area (Å²) in [7, 11) is 0. The summed E-state index contributed by atoms with van der Waals surface area (Å²) in [4.78, 5) is 38.2. The van der Waals surface area contributed by atoms with Gasteiger partial charge in [0.25, 0.3) is 11.8 Å². The Bertz CT molecular complexity index is 1000. The fraction of sp³-hybridized carbons (Fsp3) is 0.250. The van der Waals surface area contributed by atoms with Crippen LogP contribution in [0, 0.1) is 19.7 Å². The van der Waals surface area contributed by atoms with Crippen LogP contribution in [0.5, 0.6) is 0 Å². The molecule has 138 valence electrons. The molecule has 1 aliphatic heterocycles. The second-order valence-corrected chi connectivity index (χ2v) is 6.86. The molecule has 0 radical (unpaired) electrons. The van der Waals surface area contributed by atoms with Gasteiger partial charge in [0.05, 0.1) is 5.69 Å². The van der Waals surface area contributed by atoms with Crippen LogP contribution < -0.4 is 10.2 Å². The predicted octanol–water partition coefficient (Wildman–Crippen LogP) is 3.25. The van der Waals surface area contributed by atoms with E-state index in [0.717, 1.165) is 46.8 Å². The molecule has 0 bridgehead atoms. The van der Waals surface area contributed by atoms with E-state index < -0.39 is 23.7 Å². The smallest absolute Gasteiger partial charge is 0.335 e. The topological polar surface area (TPSA) is 71.4 Å². The van der Waals surface area contributed by atoms with E-state index in [9.17, 15) is 18.8 Å². The van der Waals surface area contributed by atoms with Crippen LogP contribution in [-0.2, 0) is 9.59 Å². The Kier molecular flexibility index (Phi) is 3.95. The van der Waals surface area contributed by atoms with Crippen molar-refractivity contribution in [2.24, 2.45) is 0 Å². The van der Waals surface area contributed by atoms with E-state index in [-0.39, 0.29) is 11.3 Å². The van der Waals surface area contributed by atoms with Crippen molar-refractivity contribution in [2.45, 2.75) is 32.7 Å². The molecule has 1 saturated carbocycles. The Morgan fingerprint density at radius 1 is 1.11 bits per heavy atom. The van der Waals surface area contributed by atoms with E-state index in [1.807, 2.05) is 19.9 Å². The van der Waals surface area contributed by atoms with E-state index in [1.165, 1.54) is 18.2 Å². The molecule has 1 aliphatic carbocycles. The van der Waals surface area contributed by atoms with Crippen LogP contribution in [0.25, 0.3) is 6.08 Å². The first-order valence-corrected chi connectivity index (χ1v) is 8.72. The summed E-state index contributed by atoms with van der Waals surface area (Å²) in [6.45, 7) is 3.94. The van der Waals surface area contributed by atoms with Crippen LogP contribution in [0.4, 0.5) is 14.9 Å². The number of amides is 4. The van der Waals surface area contributed by atoms with E-state index in [1.54, 1.807) is 0 Å². The molecule has 27 heavy (non-hydrogen) atoms. The quantitative estimate of drug-likeness (QED) is 0.669. The molecule has 1 N–H and O–H groups in total. The van der Waals surface area contributed by atoms with Gasteiger partial charge < -0.3 is 4.57 Å². The fourth-order valence-corrected chi connectivity index (χ4v) is 3.48. The first kappa shape index (κ1) is 17.2. The second kappa shape index (κ2) is 6.19. The second-order valence-electron chi connectivity index (χ2n) is 6.86. The molecule has 1 saturated heterocycles. The third-order valence-electron chi connectivity index (χ3n) is 4.92. The molecule has 1 aromatic heterocycles. The van der Waals surface area contributed by atoms with Crippen molar-refractivity contribution in [3.8, 4) is 0 Å². The van der Waals surface area contributed by atoms with Gasteiger partial charge >= 0.3 is 6.03 Å². The van der Waals surface area contributed by atoms with Gasteiger partial charge in [0.2, 0.25) is 0 Å². The van der Waals surface area contributed by atoms with Gasteiger partial charge in [-0.2, -0.15) is 0 Å². The molecule has 2 heterocycles. The Labute approximate surface area is 155 Å². The molecule has 2 fully saturated rings. The van der Waals surface area contributed by atoms with Crippen LogP contribution >= 0.6 is 0 Å². The first-order chi connectivity index (χ1) is 12.9. The van der Waals surface area contributed by atoms with Crippen LogP contribution in [0.2, 0.25) is 0 Å². The summed E-state index contributed by atoms with van der Waals surface area (Å²) >= 11 is 0. The SMILES string of the molecule is Cc1cc(C=C2C(=O)NC(=O)N(c3ccc(F)cc3)C2=O)c(C)n1C1CC1. The standard InChI is InChI=1S/C20H18FN3O3/c1-11-9-13(12(2)23(11)15-7-8-15)10-17-18(25)22-20(27)24(19(17)26)16-5-3-14(21)4-6-16/h3-6,9-10,15H,7-8H2,1-2H3,(H,22,25,27). The molecule has 2 aromatic rings. The molecule has 7 heteroatoms. The number of halogens is 1. The Hall–Kier alpha value is -3.22. The predicted molar refractivity (Wildman–Crippen MR) is 97.6 cm³/mol. The van der Waals surface area contributed by atoms with Crippen molar-refractivity contribution in [1.29, 1.82) is 0 Å². The highest BCUT2D eigenvalue weighted by Crippen LogP contribution is 2.38. The van der Waals surface area contributed by atoms with Crippen LogP contribution in [0.3, 0.4) is 0 Å². The number of anilines is 1. The molecule has 0 atom stereocenters. The van der Waals surface area contributed by atoms with Crippen molar-refractivity contribution in [3.63, 3.8) is 0 Å². The highest BCUT2D eigenvalue weighted by molar-refractivity contribution is 6.39. The maximum Gasteiger partial charge on any atom is 0.335 e. The molecule has 2 aliphatic rings. The number of hydrogen-bond acceptors (Lipinski definition) is 3. The molecule has 6 nitrogen and oxygen atoms in total. The number of urea groups is 1. The van der Waals surface area contributed by atoms with Gasteiger partial charge in [-0.05, 0) is 68.7 Å². The van der Waals surface area contributed by atoms with Gasteiger partial charge in [-0.1, -0.05) is 0 Å². The van der Waals surface area contributed by atoms with Crippen LogP contribution in [-0.4, -0.2) is 22.4 Å². The Morgan fingerprint density at radius 3 is 2.41 bits per heavy atom. The lowest BCUT2D eigenvalue weighted by molar-refractivity contribution is -0.122. The highest BCUT2D eigenvalue weighted by atomic mass is 19.1. The number of nitrogens with one attached hydrogen (secondary N) is 1. The number of nitrogens with zero attached hydrogens (tertiary/aromatic N) is 2. The fourth-order valence-electron chi connectivity index (χ4n) is 3.48. The zero-order valence-electron chi connectivity index (χ0n) is 15.0. The molecule has 0 unspecified atom stereocenters. The van der Waals surface area contributed by atoms with Crippen LogP contribution in [0.15, 0.2) is 35.9 Å². The lowest BCUT2D eigenvalue weighted by atomic mass is 10.1. The van der Waals surface area contributed by atoms with Gasteiger partial charge in [0, 0.05) is 17.4 Å². The number of carbonyl (C=O) groups is 3. The molecule has 1 aromatic carbocycles. The maximum atomic E-state index is 13.2. The van der Waals surface area contributed by atoms with Crippen LogP contribution in [0.1, 0.15) is 35.8 Å². The lowest BCUT2D eigenvalue weighted by Gasteiger charge is -2.26. The zero-order chi connectivity index (χ0) is 19.3. The summed E-state index contributed by atoms with van der Waals surface area (Å²) in [6, 6.07) is 6.50. The molecular formula is C20H18FN3O3. The number of rotatable bonds is 3. The van der Waals surface area contributed by atoms with Gasteiger partial charge in [-0.15, -0.1) is 0 Å². The summed E-state index contributed by atoms with van der Waals surface area (Å²) in [5.41, 5.74) is 2.88. The minimum atomic E-state index is -0.850. The number of aromatic nitrogens is 1. The zero-order valence-corrected chi connectivity index (χ0v) is 15.0. The molecule has 0 spiro atoms. The van der Waals surface area contributed by atoms with Gasteiger partial charge in [-0.25, -0.2) is 14.1 Å². The van der Waals surface area contributed by atoms with Crippen molar-refractivity contribution < 1.29 is 18.8 Å². The average molecular weight is 367 g/mol. The third-order valence-corrected chi connectivity index (χ3v) is 4.92. The summed E-state index contributed by atoms with van der Waals surface area (Å²) in [6.07, 6.45) is 3.76. The van der Waals surface area contributed by atoms with E-state index >= 15 is 0 Å². The molecule has 4 amide bonds. The van der Waals surface area contributed by atoms with E-state index in [2.05, 4.69) is 9.88 Å². The number of barbiturate groups is 1. The molecular weight excluding hydrogens is 349 g/mol. The van der Waals surface area contributed by atoms with E-state index in [0.29, 0.717) is 6.04 Å². The Balaban J connectivity index is 1.73. The Morgan fingerprint density at radius 2 is 1.78 bits per heavy atom. The molecule has 4 rings (SSSR count). The largest absolute Gasteiger partial charge is 0.346 e. The number of aryl methyl sites for hydroxylation is 1. The third kappa shape index (κ3) is 2.95. The number of benzene rings is 1. The number of hydrogen-bond donors (Lipinski definition) is 1. The summed E-state index contributed by atoms with van der Waals surface area (Å²) in [5, 5.41) is 2.18. The minimum absolute atomic E-state index is 0.130. The van der Waals surface area contributed by atoms with Crippen molar-refractivity contribution in [1.82, 2.24) is 9.88 Å². The van der Waals surface area contributed by atoms with Crippen molar-refractivity contribution >= 4 is 29.6 Å².